The summed E-state index contributed by atoms with van der Waals surface area (Å²) in [5.41, 5.74) is 1.58. The second-order valence-corrected chi connectivity index (χ2v) is 3.41. The number of hydrogen-bond donors (Lipinski definition) is 2. The third kappa shape index (κ3) is 1.24. The van der Waals surface area contributed by atoms with Crippen molar-refractivity contribution in [1.82, 2.24) is 0 Å². The van der Waals surface area contributed by atoms with E-state index in [0.717, 1.165) is 5.56 Å². The highest BCUT2D eigenvalue weighted by molar-refractivity contribution is 5.66. The molecular weight excluding hydrogens is 169 g/mol. The van der Waals surface area contributed by atoms with Crippen molar-refractivity contribution in [3.8, 4) is 5.75 Å². The molecule has 0 radical (unpaired) electrons. The number of phenols is 1. The van der Waals surface area contributed by atoms with E-state index in [9.17, 15) is 9.50 Å². The third-order valence-corrected chi connectivity index (χ3v) is 2.53. The molecule has 70 valence electrons. The third-order valence-electron chi connectivity index (χ3n) is 2.53. The summed E-state index contributed by atoms with van der Waals surface area (Å²) in [7, 11) is 0. The Morgan fingerprint density at radius 3 is 3.08 bits per heavy atom. The molecule has 0 saturated heterocycles. The van der Waals surface area contributed by atoms with Crippen LogP contribution in [0, 0.1) is 0 Å². The van der Waals surface area contributed by atoms with Gasteiger partial charge in [0.25, 0.3) is 0 Å². The molecule has 0 fully saturated rings. The Bertz CT molecular complexity index is 325. The van der Waals surface area contributed by atoms with Gasteiger partial charge >= 0.3 is 0 Å². The molecular formula is C10H12FNO. The molecule has 2 N–H and O–H groups in total. The topological polar surface area (TPSA) is 32.3 Å². The van der Waals surface area contributed by atoms with E-state index < -0.39 is 6.17 Å². The highest BCUT2D eigenvalue weighted by Crippen LogP contribution is 2.39. The van der Waals surface area contributed by atoms with Crippen LogP contribution in [0.4, 0.5) is 10.1 Å². The summed E-state index contributed by atoms with van der Waals surface area (Å²) in [6, 6.07) is 5.21. The maximum atomic E-state index is 13.1. The predicted octanol–water partition coefficient (Wildman–Crippen LogP) is 2.26. The van der Waals surface area contributed by atoms with E-state index in [2.05, 4.69) is 5.32 Å². The van der Waals surface area contributed by atoms with E-state index in [1.165, 1.54) is 0 Å². The van der Waals surface area contributed by atoms with E-state index in [1.807, 2.05) is 6.07 Å². The van der Waals surface area contributed by atoms with Gasteiger partial charge in [0.1, 0.15) is 11.9 Å². The number of alkyl halides is 1. The Morgan fingerprint density at radius 1 is 1.62 bits per heavy atom. The summed E-state index contributed by atoms with van der Waals surface area (Å²) in [6.45, 7) is 2.12. The number of nitrogens with one attached hydrogen (secondary N) is 1. The van der Waals surface area contributed by atoms with Crippen LogP contribution < -0.4 is 5.32 Å². The Labute approximate surface area is 76.4 Å². The highest BCUT2D eigenvalue weighted by Gasteiger charge is 2.28. The molecule has 3 heteroatoms. The van der Waals surface area contributed by atoms with Crippen molar-refractivity contribution >= 4 is 5.69 Å². The second-order valence-electron chi connectivity index (χ2n) is 3.41. The zero-order valence-electron chi connectivity index (χ0n) is 7.42. The van der Waals surface area contributed by atoms with Crippen molar-refractivity contribution in [2.45, 2.75) is 19.0 Å². The lowest BCUT2D eigenvalue weighted by Gasteiger charge is -2.10. The molecule has 1 aliphatic heterocycles. The number of anilines is 1. The molecule has 0 bridgehead atoms. The number of rotatable bonds is 1. The van der Waals surface area contributed by atoms with Crippen LogP contribution in [0.15, 0.2) is 18.2 Å². The first kappa shape index (κ1) is 8.35. The molecule has 13 heavy (non-hydrogen) atoms. The summed E-state index contributed by atoms with van der Waals surface area (Å²) < 4.78 is 13.1. The lowest BCUT2D eigenvalue weighted by atomic mass is 9.97. The molecule has 1 heterocycles. The molecule has 2 unspecified atom stereocenters. The standard InChI is InChI=1S/C10H12FNO/c1-6(11)8-5-12-10-7(8)3-2-4-9(10)13/h2-4,6,8,12-13H,5H2,1H3. The lowest BCUT2D eigenvalue weighted by molar-refractivity contribution is 0.317. The quantitative estimate of drug-likeness (QED) is 0.651. The van der Waals surface area contributed by atoms with E-state index in [1.54, 1.807) is 19.1 Å². The second kappa shape index (κ2) is 2.91. The van der Waals surface area contributed by atoms with E-state index in [-0.39, 0.29) is 11.7 Å². The number of fused-ring (bicyclic) bond motifs is 1. The molecule has 0 amide bonds. The number of hydrogen-bond acceptors (Lipinski definition) is 2. The van der Waals surface area contributed by atoms with Gasteiger partial charge in [-0.1, -0.05) is 12.1 Å². The summed E-state index contributed by atoms with van der Waals surface area (Å²) in [6.07, 6.45) is -0.879. The van der Waals surface area contributed by atoms with Crippen LogP contribution in [0.2, 0.25) is 0 Å². The van der Waals surface area contributed by atoms with Crippen LogP contribution in [0.1, 0.15) is 18.4 Å². The molecule has 0 saturated carbocycles. The number of halogens is 1. The van der Waals surface area contributed by atoms with Gasteiger partial charge in [-0.2, -0.15) is 0 Å². The summed E-state index contributed by atoms with van der Waals surface area (Å²) in [5, 5.41) is 12.5. The largest absolute Gasteiger partial charge is 0.506 e. The molecule has 2 rings (SSSR count). The van der Waals surface area contributed by atoms with Gasteiger partial charge in [0.05, 0.1) is 5.69 Å². The molecule has 1 aromatic carbocycles. The van der Waals surface area contributed by atoms with Crippen LogP contribution in [0.25, 0.3) is 0 Å². The summed E-state index contributed by atoms with van der Waals surface area (Å²) in [4.78, 5) is 0. The smallest absolute Gasteiger partial charge is 0.138 e. The highest BCUT2D eigenvalue weighted by atomic mass is 19.1. The van der Waals surface area contributed by atoms with Gasteiger partial charge in [-0.15, -0.1) is 0 Å². The molecule has 1 aliphatic rings. The minimum Gasteiger partial charge on any atom is -0.506 e. The molecule has 0 aliphatic carbocycles. The van der Waals surface area contributed by atoms with E-state index >= 15 is 0 Å². The van der Waals surface area contributed by atoms with Crippen LogP contribution in [-0.4, -0.2) is 17.8 Å². The van der Waals surface area contributed by atoms with Crippen molar-refractivity contribution in [3.63, 3.8) is 0 Å². The molecule has 0 aromatic heterocycles. The van der Waals surface area contributed by atoms with Gasteiger partial charge in [-0.25, -0.2) is 4.39 Å². The fourth-order valence-corrected chi connectivity index (χ4v) is 1.79. The number of para-hydroxylation sites is 1. The number of phenolic OH excluding ortho intramolecular Hbond substituents is 1. The van der Waals surface area contributed by atoms with Gasteiger partial charge in [0.2, 0.25) is 0 Å². The Kier molecular flexibility index (Phi) is 1.87. The maximum absolute atomic E-state index is 13.1. The Morgan fingerprint density at radius 2 is 2.38 bits per heavy atom. The first-order chi connectivity index (χ1) is 6.20. The average Bonchev–Trinajstić information content (AvgIpc) is 2.48. The van der Waals surface area contributed by atoms with Crippen LogP contribution in [-0.2, 0) is 0 Å². The van der Waals surface area contributed by atoms with Gasteiger partial charge in [0, 0.05) is 12.5 Å². The average molecular weight is 181 g/mol. The van der Waals surface area contributed by atoms with Gasteiger partial charge < -0.3 is 10.4 Å². The van der Waals surface area contributed by atoms with Crippen LogP contribution in [0.3, 0.4) is 0 Å². The normalized spacial score (nSPS) is 22.2. The minimum atomic E-state index is -0.879. The Balaban J connectivity index is 2.43. The molecule has 1 aromatic rings. The van der Waals surface area contributed by atoms with Crippen molar-refractivity contribution in [2.75, 3.05) is 11.9 Å². The molecule has 2 atom stereocenters. The van der Waals surface area contributed by atoms with Crippen LogP contribution >= 0.6 is 0 Å². The predicted molar refractivity (Wildman–Crippen MR) is 49.9 cm³/mol. The van der Waals surface area contributed by atoms with Crippen molar-refractivity contribution in [2.24, 2.45) is 0 Å². The van der Waals surface area contributed by atoms with Gasteiger partial charge in [-0.05, 0) is 18.6 Å². The Hall–Kier alpha value is -1.25. The van der Waals surface area contributed by atoms with Crippen molar-refractivity contribution in [1.29, 1.82) is 0 Å². The van der Waals surface area contributed by atoms with Crippen LogP contribution in [0.5, 0.6) is 5.75 Å². The monoisotopic (exact) mass is 181 g/mol. The molecule has 0 spiro atoms. The molecule has 2 nitrogen and oxygen atoms in total. The first-order valence-corrected chi connectivity index (χ1v) is 4.40. The van der Waals surface area contributed by atoms with Crippen molar-refractivity contribution < 1.29 is 9.50 Å². The maximum Gasteiger partial charge on any atom is 0.138 e. The number of aromatic hydroxyl groups is 1. The summed E-state index contributed by atoms with van der Waals surface area (Å²) in [5.74, 6) is 0.0859. The SMILES string of the molecule is CC(F)C1CNc2c(O)cccc21. The zero-order chi connectivity index (χ0) is 9.42. The van der Waals surface area contributed by atoms with Crippen molar-refractivity contribution in [3.05, 3.63) is 23.8 Å². The van der Waals surface area contributed by atoms with Gasteiger partial charge in [-0.3, -0.25) is 0 Å². The van der Waals surface area contributed by atoms with E-state index in [4.69, 9.17) is 0 Å². The zero-order valence-corrected chi connectivity index (χ0v) is 7.42. The summed E-state index contributed by atoms with van der Waals surface area (Å²) >= 11 is 0. The lowest BCUT2D eigenvalue weighted by Crippen LogP contribution is -2.11. The van der Waals surface area contributed by atoms with E-state index in [0.29, 0.717) is 12.2 Å². The minimum absolute atomic E-state index is 0.123. The number of benzene rings is 1. The fourth-order valence-electron chi connectivity index (χ4n) is 1.79. The first-order valence-electron chi connectivity index (χ1n) is 4.40. The fraction of sp³-hybridized carbons (Fsp3) is 0.400. The van der Waals surface area contributed by atoms with Gasteiger partial charge in [0.15, 0.2) is 0 Å².